The molecule has 2 aromatic carbocycles. The van der Waals surface area contributed by atoms with Gasteiger partial charge in [-0.2, -0.15) is 18.2 Å². The van der Waals surface area contributed by atoms with Crippen LogP contribution in [0.4, 0.5) is 17.6 Å². The largest absolute Gasteiger partial charge is 0.416 e. The molecule has 1 aliphatic heterocycles. The molecule has 1 saturated heterocycles. The van der Waals surface area contributed by atoms with E-state index in [0.29, 0.717) is 11.1 Å². The molecule has 150 valence electrons. The molecule has 0 saturated carbocycles. The maximum Gasteiger partial charge on any atom is 0.416 e. The second-order valence-corrected chi connectivity index (χ2v) is 6.84. The van der Waals surface area contributed by atoms with Crippen molar-refractivity contribution in [2.75, 3.05) is 6.54 Å². The zero-order valence-corrected chi connectivity index (χ0v) is 15.0. The Bertz CT molecular complexity index is 1030. The van der Waals surface area contributed by atoms with Gasteiger partial charge >= 0.3 is 6.18 Å². The number of rotatable bonds is 4. The second kappa shape index (κ2) is 7.31. The molecule has 0 radical (unpaired) electrons. The Labute approximate surface area is 162 Å². The quantitative estimate of drug-likeness (QED) is 0.604. The Morgan fingerprint density at radius 3 is 2.62 bits per heavy atom. The number of benzene rings is 2. The van der Waals surface area contributed by atoms with Crippen LogP contribution in [0.25, 0.3) is 11.4 Å². The van der Waals surface area contributed by atoms with Crippen molar-refractivity contribution in [3.63, 3.8) is 0 Å². The van der Waals surface area contributed by atoms with E-state index in [1.807, 2.05) is 0 Å². The fraction of sp³-hybridized carbons (Fsp3) is 0.250. The summed E-state index contributed by atoms with van der Waals surface area (Å²) in [6, 6.07) is 10.5. The Kier molecular flexibility index (Phi) is 4.81. The van der Waals surface area contributed by atoms with Crippen LogP contribution in [0.5, 0.6) is 0 Å². The number of hydrogen-bond acceptors (Lipinski definition) is 4. The minimum atomic E-state index is -4.44. The molecule has 1 aromatic heterocycles. The van der Waals surface area contributed by atoms with Gasteiger partial charge in [0.2, 0.25) is 17.6 Å². The van der Waals surface area contributed by atoms with Crippen LogP contribution in [-0.4, -0.2) is 27.5 Å². The SMILES string of the molecule is O=C1CC(c2nc(-c3ccc(F)cc3)no2)CN1Cc1cccc(C(F)(F)F)c1. The summed E-state index contributed by atoms with van der Waals surface area (Å²) in [6.45, 7) is 0.332. The third-order valence-electron chi connectivity index (χ3n) is 4.74. The molecule has 29 heavy (non-hydrogen) atoms. The molecule has 3 aromatic rings. The lowest BCUT2D eigenvalue weighted by Crippen LogP contribution is -2.24. The average Bonchev–Trinajstić information content (AvgIpc) is 3.29. The number of hydrogen-bond donors (Lipinski definition) is 0. The highest BCUT2D eigenvalue weighted by atomic mass is 19.4. The number of aromatic nitrogens is 2. The molecular formula is C20H15F4N3O2. The maximum absolute atomic E-state index is 13.0. The van der Waals surface area contributed by atoms with E-state index in [0.717, 1.165) is 12.1 Å². The van der Waals surface area contributed by atoms with E-state index in [1.54, 1.807) is 6.07 Å². The Hall–Kier alpha value is -3.23. The van der Waals surface area contributed by atoms with Gasteiger partial charge in [-0.1, -0.05) is 17.3 Å². The van der Waals surface area contributed by atoms with Crippen molar-refractivity contribution < 1.29 is 26.9 Å². The van der Waals surface area contributed by atoms with Crippen LogP contribution in [0, 0.1) is 5.82 Å². The molecule has 1 unspecified atom stereocenters. The van der Waals surface area contributed by atoms with Gasteiger partial charge in [-0.3, -0.25) is 4.79 Å². The third-order valence-corrected chi connectivity index (χ3v) is 4.74. The van der Waals surface area contributed by atoms with Crippen LogP contribution in [-0.2, 0) is 17.5 Å². The van der Waals surface area contributed by atoms with Crippen molar-refractivity contribution >= 4 is 5.91 Å². The third kappa shape index (κ3) is 4.13. The van der Waals surface area contributed by atoms with Gasteiger partial charge < -0.3 is 9.42 Å². The lowest BCUT2D eigenvalue weighted by atomic mass is 10.1. The summed E-state index contributed by atoms with van der Waals surface area (Å²) in [4.78, 5) is 18.1. The number of amides is 1. The van der Waals surface area contributed by atoms with Crippen LogP contribution in [0.2, 0.25) is 0 Å². The van der Waals surface area contributed by atoms with E-state index in [4.69, 9.17) is 4.52 Å². The molecule has 1 amide bonds. The van der Waals surface area contributed by atoms with Crippen molar-refractivity contribution in [3.8, 4) is 11.4 Å². The van der Waals surface area contributed by atoms with Gasteiger partial charge in [0.05, 0.1) is 11.5 Å². The summed E-state index contributed by atoms with van der Waals surface area (Å²) >= 11 is 0. The van der Waals surface area contributed by atoms with E-state index in [9.17, 15) is 22.4 Å². The summed E-state index contributed by atoms with van der Waals surface area (Å²) in [7, 11) is 0. The Morgan fingerprint density at radius 2 is 1.90 bits per heavy atom. The van der Waals surface area contributed by atoms with E-state index in [2.05, 4.69) is 10.1 Å². The predicted octanol–water partition coefficient (Wildman–Crippen LogP) is 4.41. The highest BCUT2D eigenvalue weighted by molar-refractivity contribution is 5.79. The molecule has 0 bridgehead atoms. The number of likely N-dealkylation sites (tertiary alicyclic amines) is 1. The van der Waals surface area contributed by atoms with E-state index in [1.165, 1.54) is 35.2 Å². The molecule has 5 nitrogen and oxygen atoms in total. The van der Waals surface area contributed by atoms with Gasteiger partial charge in [0.25, 0.3) is 0 Å². The summed E-state index contributed by atoms with van der Waals surface area (Å²) in [5, 5.41) is 3.87. The minimum absolute atomic E-state index is 0.0677. The number of carbonyl (C=O) groups is 1. The zero-order chi connectivity index (χ0) is 20.6. The summed E-state index contributed by atoms with van der Waals surface area (Å²) < 4.78 is 56.9. The number of nitrogens with zero attached hydrogens (tertiary/aromatic N) is 3. The Balaban J connectivity index is 1.47. The molecule has 9 heteroatoms. The van der Waals surface area contributed by atoms with Gasteiger partial charge in [-0.05, 0) is 42.0 Å². The monoisotopic (exact) mass is 405 g/mol. The lowest BCUT2D eigenvalue weighted by Gasteiger charge is -2.17. The van der Waals surface area contributed by atoms with Crippen LogP contribution < -0.4 is 0 Å². The number of halogens is 4. The lowest BCUT2D eigenvalue weighted by molar-refractivity contribution is -0.137. The number of alkyl halides is 3. The van der Waals surface area contributed by atoms with Gasteiger partial charge in [-0.25, -0.2) is 4.39 Å². The normalized spacial score (nSPS) is 17.2. The number of carbonyl (C=O) groups excluding carboxylic acids is 1. The molecule has 1 fully saturated rings. The maximum atomic E-state index is 13.0. The van der Waals surface area contributed by atoms with Gasteiger partial charge in [0.1, 0.15) is 5.82 Å². The summed E-state index contributed by atoms with van der Waals surface area (Å²) in [5.41, 5.74) is 0.219. The topological polar surface area (TPSA) is 59.2 Å². The molecule has 1 atom stereocenters. The fourth-order valence-corrected chi connectivity index (χ4v) is 3.27. The van der Waals surface area contributed by atoms with Crippen LogP contribution in [0.3, 0.4) is 0 Å². The van der Waals surface area contributed by atoms with Crippen molar-refractivity contribution in [3.05, 3.63) is 71.4 Å². The minimum Gasteiger partial charge on any atom is -0.339 e. The summed E-state index contributed by atoms with van der Waals surface area (Å²) in [5.74, 6) is -0.388. The van der Waals surface area contributed by atoms with Crippen LogP contribution in [0.1, 0.15) is 29.4 Å². The Morgan fingerprint density at radius 1 is 1.14 bits per heavy atom. The second-order valence-electron chi connectivity index (χ2n) is 6.84. The smallest absolute Gasteiger partial charge is 0.339 e. The predicted molar refractivity (Wildman–Crippen MR) is 93.9 cm³/mol. The van der Waals surface area contributed by atoms with E-state index >= 15 is 0 Å². The highest BCUT2D eigenvalue weighted by Gasteiger charge is 2.35. The van der Waals surface area contributed by atoms with Gasteiger partial charge in [0.15, 0.2) is 0 Å². The van der Waals surface area contributed by atoms with Crippen molar-refractivity contribution in [1.82, 2.24) is 15.0 Å². The average molecular weight is 405 g/mol. The van der Waals surface area contributed by atoms with Crippen molar-refractivity contribution in [2.45, 2.75) is 25.1 Å². The first-order chi connectivity index (χ1) is 13.8. The summed E-state index contributed by atoms with van der Waals surface area (Å²) in [6.07, 6.45) is -4.31. The van der Waals surface area contributed by atoms with Gasteiger partial charge in [-0.15, -0.1) is 0 Å². The first kappa shape index (κ1) is 19.1. The standard InChI is InChI=1S/C20H15F4N3O2/c21-16-6-4-13(5-7-16)18-25-19(29-26-18)14-9-17(28)27(11-14)10-12-2-1-3-15(8-12)20(22,23)24/h1-8,14H,9-11H2. The molecule has 1 aliphatic rings. The van der Waals surface area contributed by atoms with Gasteiger partial charge in [0, 0.05) is 25.1 Å². The molecular weight excluding hydrogens is 390 g/mol. The van der Waals surface area contributed by atoms with Crippen LogP contribution >= 0.6 is 0 Å². The van der Waals surface area contributed by atoms with Crippen molar-refractivity contribution in [1.29, 1.82) is 0 Å². The molecule has 4 rings (SSSR count). The molecule has 0 N–H and O–H groups in total. The van der Waals surface area contributed by atoms with Crippen LogP contribution in [0.15, 0.2) is 53.1 Å². The molecule has 2 heterocycles. The highest BCUT2D eigenvalue weighted by Crippen LogP contribution is 2.32. The van der Waals surface area contributed by atoms with E-state index in [-0.39, 0.29) is 48.9 Å². The first-order valence-corrected chi connectivity index (χ1v) is 8.83. The first-order valence-electron chi connectivity index (χ1n) is 8.83. The zero-order valence-electron chi connectivity index (χ0n) is 15.0. The fourth-order valence-electron chi connectivity index (χ4n) is 3.27. The molecule has 0 aliphatic carbocycles. The van der Waals surface area contributed by atoms with Crippen molar-refractivity contribution in [2.24, 2.45) is 0 Å². The van der Waals surface area contributed by atoms with E-state index < -0.39 is 11.7 Å². The molecule has 0 spiro atoms.